The van der Waals surface area contributed by atoms with Gasteiger partial charge in [0.15, 0.2) is 6.29 Å². The molecule has 1 aromatic carbocycles. The molecule has 0 atom stereocenters. The highest BCUT2D eigenvalue weighted by Crippen LogP contribution is 2.32. The second-order valence-electron chi connectivity index (χ2n) is 3.75. The monoisotopic (exact) mass is 248 g/mol. The summed E-state index contributed by atoms with van der Waals surface area (Å²) in [7, 11) is 1.62. The molecular weight excluding hydrogens is 236 g/mol. The minimum Gasteiger partial charge on any atom is -0.496 e. The summed E-state index contributed by atoms with van der Waals surface area (Å²) < 4.78 is 17.9. The van der Waals surface area contributed by atoms with Gasteiger partial charge < -0.3 is 14.2 Å². The molecule has 1 aromatic heterocycles. The van der Waals surface area contributed by atoms with Gasteiger partial charge >= 0.3 is 0 Å². The summed E-state index contributed by atoms with van der Waals surface area (Å²) in [6.45, 7) is 1.17. The van der Waals surface area contributed by atoms with Crippen LogP contribution in [-0.4, -0.2) is 40.5 Å². The van der Waals surface area contributed by atoms with Crippen molar-refractivity contribution in [1.82, 2.24) is 20.2 Å². The van der Waals surface area contributed by atoms with Gasteiger partial charge in [-0.05, 0) is 28.6 Å². The predicted molar refractivity (Wildman–Crippen MR) is 60.4 cm³/mol. The maximum Gasteiger partial charge on any atom is 0.187 e. The van der Waals surface area contributed by atoms with Gasteiger partial charge in [-0.15, -0.1) is 5.10 Å². The molecule has 18 heavy (non-hydrogen) atoms. The van der Waals surface area contributed by atoms with Gasteiger partial charge in [0.05, 0.1) is 31.6 Å². The van der Waals surface area contributed by atoms with E-state index in [-0.39, 0.29) is 0 Å². The first kappa shape index (κ1) is 11.1. The maximum atomic E-state index is 5.49. The lowest BCUT2D eigenvalue weighted by atomic mass is 10.1. The van der Waals surface area contributed by atoms with Gasteiger partial charge in [-0.1, -0.05) is 0 Å². The first-order valence-electron chi connectivity index (χ1n) is 5.53. The normalized spacial score (nSPS) is 16.1. The average Bonchev–Trinajstić information content (AvgIpc) is 3.11. The zero-order chi connectivity index (χ0) is 12.4. The number of methoxy groups -OCH3 is 1. The molecule has 0 saturated carbocycles. The molecular formula is C11H12N4O3. The van der Waals surface area contributed by atoms with Crippen molar-refractivity contribution in [3.8, 4) is 11.4 Å². The zero-order valence-electron chi connectivity index (χ0n) is 9.81. The second kappa shape index (κ2) is 4.71. The summed E-state index contributed by atoms with van der Waals surface area (Å²) in [5.41, 5.74) is 1.66. The van der Waals surface area contributed by atoms with E-state index in [2.05, 4.69) is 15.5 Å². The molecule has 94 valence electrons. The molecule has 0 aliphatic carbocycles. The van der Waals surface area contributed by atoms with Gasteiger partial charge in [0, 0.05) is 0 Å². The van der Waals surface area contributed by atoms with Crippen molar-refractivity contribution in [2.75, 3.05) is 20.3 Å². The number of hydrogen-bond donors (Lipinski definition) is 0. The largest absolute Gasteiger partial charge is 0.496 e. The first-order chi connectivity index (χ1) is 8.88. The van der Waals surface area contributed by atoms with Crippen molar-refractivity contribution < 1.29 is 14.2 Å². The van der Waals surface area contributed by atoms with E-state index in [1.165, 1.54) is 6.33 Å². The van der Waals surface area contributed by atoms with Crippen LogP contribution in [0.25, 0.3) is 5.69 Å². The molecule has 0 unspecified atom stereocenters. The molecule has 7 heteroatoms. The van der Waals surface area contributed by atoms with Gasteiger partial charge in [-0.25, -0.2) is 4.68 Å². The van der Waals surface area contributed by atoms with Crippen molar-refractivity contribution in [3.63, 3.8) is 0 Å². The van der Waals surface area contributed by atoms with Gasteiger partial charge in [-0.2, -0.15) is 0 Å². The fraction of sp³-hybridized carbons (Fsp3) is 0.364. The molecule has 1 fully saturated rings. The van der Waals surface area contributed by atoms with Gasteiger partial charge in [0.2, 0.25) is 0 Å². The van der Waals surface area contributed by atoms with Crippen molar-refractivity contribution in [2.45, 2.75) is 6.29 Å². The lowest BCUT2D eigenvalue weighted by molar-refractivity contribution is -0.0454. The van der Waals surface area contributed by atoms with E-state index < -0.39 is 6.29 Å². The Kier molecular flexibility index (Phi) is 2.91. The van der Waals surface area contributed by atoms with E-state index in [0.29, 0.717) is 13.2 Å². The smallest absolute Gasteiger partial charge is 0.187 e. The van der Waals surface area contributed by atoms with E-state index in [1.807, 2.05) is 18.2 Å². The van der Waals surface area contributed by atoms with E-state index in [9.17, 15) is 0 Å². The zero-order valence-corrected chi connectivity index (χ0v) is 9.81. The number of tetrazole rings is 1. The van der Waals surface area contributed by atoms with Crippen LogP contribution in [0.15, 0.2) is 24.5 Å². The molecule has 1 aliphatic heterocycles. The Bertz CT molecular complexity index is 523. The highest BCUT2D eigenvalue weighted by Gasteiger charge is 2.22. The molecule has 2 aromatic rings. The molecule has 0 bridgehead atoms. The third kappa shape index (κ3) is 1.93. The molecule has 0 radical (unpaired) electrons. The molecule has 0 N–H and O–H groups in total. The minimum absolute atomic E-state index is 0.392. The molecule has 7 nitrogen and oxygen atoms in total. The lowest BCUT2D eigenvalue weighted by Crippen LogP contribution is -2.04. The number of hydrogen-bond acceptors (Lipinski definition) is 6. The molecule has 3 rings (SSSR count). The Morgan fingerprint density at radius 1 is 1.33 bits per heavy atom. The molecule has 1 saturated heterocycles. The van der Waals surface area contributed by atoms with Crippen LogP contribution in [-0.2, 0) is 9.47 Å². The number of benzene rings is 1. The molecule has 1 aliphatic rings. The topological polar surface area (TPSA) is 71.3 Å². The number of ether oxygens (including phenoxy) is 3. The van der Waals surface area contributed by atoms with Crippen LogP contribution >= 0.6 is 0 Å². The third-order valence-electron chi connectivity index (χ3n) is 2.70. The van der Waals surface area contributed by atoms with Crippen LogP contribution < -0.4 is 4.74 Å². The summed E-state index contributed by atoms with van der Waals surface area (Å²) in [6, 6.07) is 5.61. The summed E-state index contributed by atoms with van der Waals surface area (Å²) in [5.74, 6) is 0.721. The van der Waals surface area contributed by atoms with Crippen LogP contribution in [0.1, 0.15) is 11.9 Å². The SMILES string of the molecule is COc1ccc(-n2cnnn2)cc1C1OCCO1. The predicted octanol–water partition coefficient (Wildman–Crippen LogP) is 0.716. The summed E-state index contributed by atoms with van der Waals surface area (Å²) in [5, 5.41) is 11.1. The molecule has 2 heterocycles. The van der Waals surface area contributed by atoms with Gasteiger partial charge in [0.25, 0.3) is 0 Å². The van der Waals surface area contributed by atoms with E-state index in [0.717, 1.165) is 17.0 Å². The van der Waals surface area contributed by atoms with Crippen molar-refractivity contribution in [1.29, 1.82) is 0 Å². The third-order valence-corrected chi connectivity index (χ3v) is 2.70. The first-order valence-corrected chi connectivity index (χ1v) is 5.53. The van der Waals surface area contributed by atoms with Crippen LogP contribution in [0.5, 0.6) is 5.75 Å². The Morgan fingerprint density at radius 3 is 2.83 bits per heavy atom. The van der Waals surface area contributed by atoms with Crippen LogP contribution in [0.2, 0.25) is 0 Å². The number of nitrogens with zero attached hydrogens (tertiary/aromatic N) is 4. The van der Waals surface area contributed by atoms with E-state index >= 15 is 0 Å². The number of rotatable bonds is 3. The van der Waals surface area contributed by atoms with Gasteiger partial charge in [0.1, 0.15) is 12.1 Å². The quantitative estimate of drug-likeness (QED) is 0.796. The average molecular weight is 248 g/mol. The highest BCUT2D eigenvalue weighted by molar-refractivity contribution is 5.44. The standard InChI is InChI=1S/C11H12N4O3/c1-16-10-3-2-8(15-7-12-13-14-15)6-9(10)11-17-4-5-18-11/h2-3,6-7,11H,4-5H2,1H3. The summed E-state index contributed by atoms with van der Waals surface area (Å²) in [4.78, 5) is 0. The Morgan fingerprint density at radius 2 is 2.17 bits per heavy atom. The minimum atomic E-state index is -0.392. The van der Waals surface area contributed by atoms with Crippen molar-refractivity contribution in [2.24, 2.45) is 0 Å². The number of aromatic nitrogens is 4. The second-order valence-corrected chi connectivity index (χ2v) is 3.75. The van der Waals surface area contributed by atoms with Crippen LogP contribution in [0, 0.1) is 0 Å². The molecule has 0 amide bonds. The Balaban J connectivity index is 2.01. The van der Waals surface area contributed by atoms with Gasteiger partial charge in [-0.3, -0.25) is 0 Å². The fourth-order valence-corrected chi connectivity index (χ4v) is 1.87. The fourth-order valence-electron chi connectivity index (χ4n) is 1.87. The van der Waals surface area contributed by atoms with Crippen molar-refractivity contribution >= 4 is 0 Å². The van der Waals surface area contributed by atoms with E-state index in [1.54, 1.807) is 11.8 Å². The summed E-state index contributed by atoms with van der Waals surface area (Å²) in [6.07, 6.45) is 1.14. The Hall–Kier alpha value is -1.99. The van der Waals surface area contributed by atoms with Crippen LogP contribution in [0.4, 0.5) is 0 Å². The van der Waals surface area contributed by atoms with Crippen molar-refractivity contribution in [3.05, 3.63) is 30.1 Å². The highest BCUT2D eigenvalue weighted by atomic mass is 16.7. The summed E-state index contributed by atoms with van der Waals surface area (Å²) >= 11 is 0. The molecule has 0 spiro atoms. The Labute approximate surface area is 103 Å². The lowest BCUT2D eigenvalue weighted by Gasteiger charge is -2.14. The maximum absolute atomic E-state index is 5.49. The van der Waals surface area contributed by atoms with E-state index in [4.69, 9.17) is 14.2 Å². The van der Waals surface area contributed by atoms with Crippen LogP contribution in [0.3, 0.4) is 0 Å².